The Morgan fingerprint density at radius 1 is 1.00 bits per heavy atom. The van der Waals surface area contributed by atoms with E-state index in [4.69, 9.17) is 21.1 Å². The Kier molecular flexibility index (Phi) is 9.00. The summed E-state index contributed by atoms with van der Waals surface area (Å²) in [7, 11) is -0.361. The fourth-order valence-electron chi connectivity index (χ4n) is 4.06. The number of methoxy groups -OCH3 is 2. The second-order valence-corrected chi connectivity index (χ2v) is 10.5. The van der Waals surface area contributed by atoms with E-state index in [9.17, 15) is 13.2 Å². The van der Waals surface area contributed by atoms with Crippen LogP contribution in [0, 0.1) is 11.8 Å². The van der Waals surface area contributed by atoms with E-state index in [0.717, 1.165) is 31.2 Å². The summed E-state index contributed by atoms with van der Waals surface area (Å²) in [6.07, 6.45) is 3.85. The Labute approximate surface area is 200 Å². The molecule has 0 aliphatic heterocycles. The quantitative estimate of drug-likeness (QED) is 0.524. The Morgan fingerprint density at radius 3 is 2.30 bits per heavy atom. The van der Waals surface area contributed by atoms with Crippen molar-refractivity contribution in [3.8, 4) is 11.5 Å². The molecule has 2 N–H and O–H groups in total. The van der Waals surface area contributed by atoms with E-state index >= 15 is 0 Å². The maximum Gasteiger partial charge on any atom is 0.240 e. The zero-order valence-electron chi connectivity index (χ0n) is 19.0. The predicted molar refractivity (Wildman–Crippen MR) is 128 cm³/mol. The average molecular weight is 495 g/mol. The molecule has 1 amide bonds. The van der Waals surface area contributed by atoms with Gasteiger partial charge >= 0.3 is 0 Å². The lowest BCUT2D eigenvalue weighted by molar-refractivity contribution is -0.126. The third-order valence-electron chi connectivity index (χ3n) is 6.06. The Balaban J connectivity index is 1.39. The van der Waals surface area contributed by atoms with Crippen LogP contribution < -0.4 is 19.5 Å². The van der Waals surface area contributed by atoms with Gasteiger partial charge in [0.25, 0.3) is 0 Å². The molecule has 2 aromatic rings. The fourth-order valence-corrected chi connectivity index (χ4v) is 5.31. The van der Waals surface area contributed by atoms with E-state index in [1.807, 2.05) is 18.2 Å². The monoisotopic (exact) mass is 494 g/mol. The van der Waals surface area contributed by atoms with Crippen LogP contribution in [0.4, 0.5) is 0 Å². The number of benzene rings is 2. The number of rotatable bonds is 10. The smallest absolute Gasteiger partial charge is 0.240 e. The molecule has 0 saturated heterocycles. The summed E-state index contributed by atoms with van der Waals surface area (Å²) in [5.41, 5.74) is 1.06. The number of carbonyl (C=O) groups is 1. The van der Waals surface area contributed by atoms with Crippen LogP contribution in [0.5, 0.6) is 11.5 Å². The van der Waals surface area contributed by atoms with Crippen molar-refractivity contribution < 1.29 is 22.7 Å². The Morgan fingerprint density at radius 2 is 1.67 bits per heavy atom. The van der Waals surface area contributed by atoms with Gasteiger partial charge in [-0.3, -0.25) is 4.79 Å². The van der Waals surface area contributed by atoms with Gasteiger partial charge in [0.2, 0.25) is 15.9 Å². The minimum Gasteiger partial charge on any atom is -0.493 e. The van der Waals surface area contributed by atoms with Crippen LogP contribution in [0.15, 0.2) is 47.4 Å². The number of sulfonamides is 1. The van der Waals surface area contributed by atoms with Crippen LogP contribution in [0.2, 0.25) is 5.02 Å². The van der Waals surface area contributed by atoms with Gasteiger partial charge in [-0.15, -0.1) is 0 Å². The second-order valence-electron chi connectivity index (χ2n) is 8.25. The lowest BCUT2D eigenvalue weighted by atomic mass is 9.81. The molecule has 1 aliphatic carbocycles. The number of amides is 1. The molecule has 3 rings (SSSR count). The van der Waals surface area contributed by atoms with Gasteiger partial charge in [-0.25, -0.2) is 13.1 Å². The minimum atomic E-state index is -3.56. The van der Waals surface area contributed by atoms with Crippen molar-refractivity contribution in [2.24, 2.45) is 11.8 Å². The summed E-state index contributed by atoms with van der Waals surface area (Å²) in [6, 6.07) is 11.8. The molecule has 9 heteroatoms. The lowest BCUT2D eigenvalue weighted by Crippen LogP contribution is -2.36. The largest absolute Gasteiger partial charge is 0.493 e. The van der Waals surface area contributed by atoms with Crippen molar-refractivity contribution >= 4 is 27.5 Å². The summed E-state index contributed by atoms with van der Waals surface area (Å²) in [6.45, 7) is 0.924. The first kappa shape index (κ1) is 25.3. The van der Waals surface area contributed by atoms with Crippen molar-refractivity contribution in [3.63, 3.8) is 0 Å². The summed E-state index contributed by atoms with van der Waals surface area (Å²) in [5.74, 6) is 1.61. The molecule has 0 spiro atoms. The molecule has 0 radical (unpaired) electrons. The molecule has 7 nitrogen and oxygen atoms in total. The van der Waals surface area contributed by atoms with E-state index in [2.05, 4.69) is 10.0 Å². The van der Waals surface area contributed by atoms with Crippen molar-refractivity contribution in [3.05, 3.63) is 53.1 Å². The Bertz CT molecular complexity index is 1040. The fraction of sp³-hybridized carbons (Fsp3) is 0.458. The minimum absolute atomic E-state index is 0.0282. The number of hydrogen-bond acceptors (Lipinski definition) is 5. The van der Waals surface area contributed by atoms with Crippen molar-refractivity contribution in [1.29, 1.82) is 0 Å². The van der Waals surface area contributed by atoms with E-state index in [0.29, 0.717) is 36.0 Å². The molecule has 0 unspecified atom stereocenters. The van der Waals surface area contributed by atoms with E-state index in [1.165, 1.54) is 12.1 Å². The summed E-state index contributed by atoms with van der Waals surface area (Å²) < 4.78 is 38.1. The highest BCUT2D eigenvalue weighted by molar-refractivity contribution is 7.89. The zero-order chi connectivity index (χ0) is 23.8. The van der Waals surface area contributed by atoms with Gasteiger partial charge in [-0.05, 0) is 80.0 Å². The van der Waals surface area contributed by atoms with Crippen LogP contribution in [0.25, 0.3) is 0 Å². The lowest BCUT2D eigenvalue weighted by Gasteiger charge is -2.28. The van der Waals surface area contributed by atoms with Crippen molar-refractivity contribution in [2.45, 2.75) is 37.0 Å². The first-order valence-corrected chi connectivity index (χ1v) is 12.9. The van der Waals surface area contributed by atoms with Gasteiger partial charge in [0.1, 0.15) is 0 Å². The van der Waals surface area contributed by atoms with Gasteiger partial charge in [0, 0.05) is 24.0 Å². The number of carbonyl (C=O) groups excluding carboxylic acids is 1. The molecule has 0 bridgehead atoms. The molecule has 33 heavy (non-hydrogen) atoms. The maximum absolute atomic E-state index is 12.6. The molecular formula is C24H31ClN2O5S. The molecular weight excluding hydrogens is 464 g/mol. The predicted octanol–water partition coefficient (Wildman–Crippen LogP) is 3.80. The van der Waals surface area contributed by atoms with E-state index in [1.54, 1.807) is 26.4 Å². The zero-order valence-corrected chi connectivity index (χ0v) is 20.5. The number of hydrogen-bond donors (Lipinski definition) is 2. The molecule has 1 saturated carbocycles. The SMILES string of the molecule is COc1ccc(CCNC(=O)C2CCC(CNS(=O)(=O)c3ccc(Cl)cc3)CC2)cc1OC. The van der Waals surface area contributed by atoms with Gasteiger partial charge in [0.05, 0.1) is 19.1 Å². The summed E-state index contributed by atoms with van der Waals surface area (Å²) in [5, 5.41) is 3.53. The van der Waals surface area contributed by atoms with E-state index in [-0.39, 0.29) is 22.6 Å². The van der Waals surface area contributed by atoms with Gasteiger partial charge < -0.3 is 14.8 Å². The molecule has 180 valence electrons. The normalized spacial score (nSPS) is 18.5. The molecule has 1 aliphatic rings. The van der Waals surface area contributed by atoms with Crippen molar-refractivity contribution in [2.75, 3.05) is 27.3 Å². The summed E-state index contributed by atoms with van der Waals surface area (Å²) >= 11 is 5.83. The molecule has 0 atom stereocenters. The second kappa shape index (κ2) is 11.7. The van der Waals surface area contributed by atoms with Crippen molar-refractivity contribution in [1.82, 2.24) is 10.0 Å². The topological polar surface area (TPSA) is 93.7 Å². The van der Waals surface area contributed by atoms with Crippen LogP contribution >= 0.6 is 11.6 Å². The highest BCUT2D eigenvalue weighted by Crippen LogP contribution is 2.29. The van der Waals surface area contributed by atoms with Gasteiger partial charge in [-0.2, -0.15) is 0 Å². The Hall–Kier alpha value is -2.29. The number of halogens is 1. The third-order valence-corrected chi connectivity index (χ3v) is 7.76. The number of ether oxygens (including phenoxy) is 2. The van der Waals surface area contributed by atoms with Gasteiger partial charge in [0.15, 0.2) is 11.5 Å². The first-order chi connectivity index (χ1) is 15.8. The molecule has 2 aromatic carbocycles. The standard InChI is InChI=1S/C24H31ClN2O5S/c1-31-22-12-5-17(15-23(22)32-2)13-14-26-24(28)19-6-3-18(4-7-19)16-27-33(29,30)21-10-8-20(25)9-11-21/h5,8-12,15,18-19,27H,3-4,6-7,13-14,16H2,1-2H3,(H,26,28). The number of nitrogens with one attached hydrogen (secondary N) is 2. The van der Waals surface area contributed by atoms with E-state index < -0.39 is 10.0 Å². The van der Waals surface area contributed by atoms with Crippen LogP contribution in [0.1, 0.15) is 31.2 Å². The van der Waals surface area contributed by atoms with Gasteiger partial charge in [-0.1, -0.05) is 17.7 Å². The van der Waals surface area contributed by atoms with Crippen LogP contribution in [-0.2, 0) is 21.2 Å². The molecule has 0 aromatic heterocycles. The highest BCUT2D eigenvalue weighted by atomic mass is 35.5. The average Bonchev–Trinajstić information content (AvgIpc) is 2.83. The maximum atomic E-state index is 12.6. The molecule has 0 heterocycles. The van der Waals surface area contributed by atoms with Crippen LogP contribution in [0.3, 0.4) is 0 Å². The first-order valence-electron chi connectivity index (χ1n) is 11.1. The highest BCUT2D eigenvalue weighted by Gasteiger charge is 2.27. The summed E-state index contributed by atoms with van der Waals surface area (Å²) in [4.78, 5) is 12.8. The third kappa shape index (κ3) is 7.09. The molecule has 1 fully saturated rings. The van der Waals surface area contributed by atoms with Crippen LogP contribution in [-0.4, -0.2) is 41.6 Å².